The Bertz CT molecular complexity index is 464. The Morgan fingerprint density at radius 1 is 1.45 bits per heavy atom. The van der Waals surface area contributed by atoms with E-state index in [1.807, 2.05) is 31.2 Å². The normalized spacial score (nSPS) is 22.8. The quantitative estimate of drug-likeness (QED) is 0.746. The Morgan fingerprint density at radius 2 is 2.20 bits per heavy atom. The lowest BCUT2D eigenvalue weighted by Crippen LogP contribution is -2.35. The SMILES string of the molecule is CCN(C=O)Cc1ccccc1OC1(C)CCN(C)C1. The van der Waals surface area contributed by atoms with Crippen LogP contribution in [0.5, 0.6) is 5.75 Å². The molecule has 0 saturated carbocycles. The Kier molecular flexibility index (Phi) is 4.65. The van der Waals surface area contributed by atoms with E-state index in [2.05, 4.69) is 18.9 Å². The summed E-state index contributed by atoms with van der Waals surface area (Å²) < 4.78 is 6.27. The van der Waals surface area contributed by atoms with Crippen molar-refractivity contribution in [2.24, 2.45) is 0 Å². The Labute approximate surface area is 121 Å². The zero-order valence-electron chi connectivity index (χ0n) is 12.6. The molecule has 1 heterocycles. The van der Waals surface area contributed by atoms with Gasteiger partial charge < -0.3 is 14.5 Å². The first-order valence-electron chi connectivity index (χ1n) is 7.21. The number of hydrogen-bond donors (Lipinski definition) is 0. The van der Waals surface area contributed by atoms with Crippen molar-refractivity contribution in [3.05, 3.63) is 29.8 Å². The molecule has 1 amide bonds. The molecule has 0 radical (unpaired) electrons. The molecule has 20 heavy (non-hydrogen) atoms. The molecule has 1 aliphatic rings. The number of carbonyl (C=O) groups is 1. The van der Waals surface area contributed by atoms with Gasteiger partial charge in [-0.25, -0.2) is 0 Å². The molecule has 1 atom stereocenters. The number of likely N-dealkylation sites (N-methyl/N-ethyl adjacent to an activating group) is 1. The molecule has 110 valence electrons. The van der Waals surface area contributed by atoms with E-state index in [1.165, 1.54) is 0 Å². The number of benzene rings is 1. The van der Waals surface area contributed by atoms with Gasteiger partial charge in [0.2, 0.25) is 6.41 Å². The number of likely N-dealkylation sites (tertiary alicyclic amines) is 1. The second-order valence-electron chi connectivity index (χ2n) is 5.82. The first kappa shape index (κ1) is 14.9. The van der Waals surface area contributed by atoms with Gasteiger partial charge in [0.1, 0.15) is 11.4 Å². The highest BCUT2D eigenvalue weighted by molar-refractivity contribution is 5.48. The van der Waals surface area contributed by atoms with E-state index < -0.39 is 0 Å². The molecule has 1 saturated heterocycles. The molecule has 4 heteroatoms. The minimum absolute atomic E-state index is 0.136. The van der Waals surface area contributed by atoms with Crippen LogP contribution >= 0.6 is 0 Å². The molecule has 4 nitrogen and oxygen atoms in total. The highest BCUT2D eigenvalue weighted by atomic mass is 16.5. The summed E-state index contributed by atoms with van der Waals surface area (Å²) in [5.41, 5.74) is 0.931. The van der Waals surface area contributed by atoms with Gasteiger partial charge in [-0.1, -0.05) is 18.2 Å². The Hall–Kier alpha value is -1.55. The highest BCUT2D eigenvalue weighted by Gasteiger charge is 2.34. The number of ether oxygens (including phenoxy) is 1. The van der Waals surface area contributed by atoms with Crippen molar-refractivity contribution in [3.63, 3.8) is 0 Å². The predicted octanol–water partition coefficient (Wildman–Crippen LogP) is 2.14. The molecule has 0 aliphatic carbocycles. The average molecular weight is 276 g/mol. The van der Waals surface area contributed by atoms with E-state index in [1.54, 1.807) is 4.90 Å². The largest absolute Gasteiger partial charge is 0.486 e. The fraction of sp³-hybridized carbons (Fsp3) is 0.562. The summed E-state index contributed by atoms with van der Waals surface area (Å²) in [5, 5.41) is 0. The lowest BCUT2D eigenvalue weighted by molar-refractivity contribution is -0.118. The second-order valence-corrected chi connectivity index (χ2v) is 5.82. The van der Waals surface area contributed by atoms with Crippen LogP contribution in [-0.4, -0.2) is 48.5 Å². The fourth-order valence-corrected chi connectivity index (χ4v) is 2.68. The molecule has 0 aromatic heterocycles. The van der Waals surface area contributed by atoms with Gasteiger partial charge in [-0.2, -0.15) is 0 Å². The molecule has 1 aromatic rings. The number of amides is 1. The molecule has 1 unspecified atom stereocenters. The van der Waals surface area contributed by atoms with Crippen LogP contribution in [0.4, 0.5) is 0 Å². The summed E-state index contributed by atoms with van der Waals surface area (Å²) in [5.74, 6) is 0.894. The van der Waals surface area contributed by atoms with Crippen molar-refractivity contribution in [2.75, 3.05) is 26.7 Å². The zero-order chi connectivity index (χ0) is 14.6. The van der Waals surface area contributed by atoms with Crippen LogP contribution in [0.25, 0.3) is 0 Å². The van der Waals surface area contributed by atoms with Gasteiger partial charge in [0.05, 0.1) is 0 Å². The summed E-state index contributed by atoms with van der Waals surface area (Å²) in [6.45, 7) is 7.44. The van der Waals surface area contributed by atoms with Crippen LogP contribution in [0.15, 0.2) is 24.3 Å². The molecule has 1 aliphatic heterocycles. The number of nitrogens with zero attached hydrogens (tertiary/aromatic N) is 2. The van der Waals surface area contributed by atoms with Gasteiger partial charge in [-0.15, -0.1) is 0 Å². The van der Waals surface area contributed by atoms with E-state index in [0.29, 0.717) is 13.1 Å². The van der Waals surface area contributed by atoms with Crippen LogP contribution < -0.4 is 4.74 Å². The second kappa shape index (κ2) is 6.27. The van der Waals surface area contributed by atoms with Gasteiger partial charge in [0, 0.05) is 38.2 Å². The number of carbonyl (C=O) groups excluding carboxylic acids is 1. The third-order valence-electron chi connectivity index (χ3n) is 3.88. The van der Waals surface area contributed by atoms with Crippen molar-refractivity contribution in [2.45, 2.75) is 32.4 Å². The van der Waals surface area contributed by atoms with Crippen molar-refractivity contribution >= 4 is 6.41 Å². The van der Waals surface area contributed by atoms with E-state index in [4.69, 9.17) is 4.74 Å². The van der Waals surface area contributed by atoms with Crippen LogP contribution in [0.3, 0.4) is 0 Å². The van der Waals surface area contributed by atoms with Gasteiger partial charge in [0.25, 0.3) is 0 Å². The molecule has 1 fully saturated rings. The van der Waals surface area contributed by atoms with Crippen molar-refractivity contribution in [1.82, 2.24) is 9.80 Å². The smallest absolute Gasteiger partial charge is 0.209 e. The topological polar surface area (TPSA) is 32.8 Å². The first-order chi connectivity index (χ1) is 9.56. The van der Waals surface area contributed by atoms with E-state index >= 15 is 0 Å². The maximum absolute atomic E-state index is 11.0. The lowest BCUT2D eigenvalue weighted by Gasteiger charge is -2.28. The van der Waals surface area contributed by atoms with Crippen LogP contribution in [-0.2, 0) is 11.3 Å². The molecular formula is C16H24N2O2. The Balaban J connectivity index is 2.13. The number of para-hydroxylation sites is 1. The fourth-order valence-electron chi connectivity index (χ4n) is 2.68. The van der Waals surface area contributed by atoms with E-state index in [-0.39, 0.29) is 5.60 Å². The maximum Gasteiger partial charge on any atom is 0.209 e. The summed E-state index contributed by atoms with van der Waals surface area (Å²) in [6, 6.07) is 8.00. The average Bonchev–Trinajstić information content (AvgIpc) is 2.77. The minimum Gasteiger partial charge on any atom is -0.486 e. The van der Waals surface area contributed by atoms with Crippen LogP contribution in [0.2, 0.25) is 0 Å². The molecule has 0 N–H and O–H groups in total. The van der Waals surface area contributed by atoms with Gasteiger partial charge in [0.15, 0.2) is 0 Å². The Morgan fingerprint density at radius 3 is 2.80 bits per heavy atom. The third-order valence-corrected chi connectivity index (χ3v) is 3.88. The summed E-state index contributed by atoms with van der Waals surface area (Å²) in [6.07, 6.45) is 1.92. The van der Waals surface area contributed by atoms with Gasteiger partial charge in [-0.3, -0.25) is 4.79 Å². The van der Waals surface area contributed by atoms with Gasteiger partial charge >= 0.3 is 0 Å². The third kappa shape index (κ3) is 3.51. The monoisotopic (exact) mass is 276 g/mol. The van der Waals surface area contributed by atoms with Crippen LogP contribution in [0, 0.1) is 0 Å². The molecule has 1 aromatic carbocycles. The molecule has 0 spiro atoms. The van der Waals surface area contributed by atoms with Crippen molar-refractivity contribution in [3.8, 4) is 5.75 Å². The van der Waals surface area contributed by atoms with Crippen LogP contribution in [0.1, 0.15) is 25.8 Å². The molecule has 0 bridgehead atoms. The van der Waals surface area contributed by atoms with Gasteiger partial charge in [-0.05, 0) is 27.0 Å². The molecular weight excluding hydrogens is 252 g/mol. The molecule has 2 rings (SSSR count). The zero-order valence-corrected chi connectivity index (χ0v) is 12.6. The van der Waals surface area contributed by atoms with Crippen molar-refractivity contribution < 1.29 is 9.53 Å². The first-order valence-corrected chi connectivity index (χ1v) is 7.21. The number of hydrogen-bond acceptors (Lipinski definition) is 3. The summed E-state index contributed by atoms with van der Waals surface area (Å²) in [7, 11) is 2.12. The maximum atomic E-state index is 11.0. The summed E-state index contributed by atoms with van der Waals surface area (Å²) >= 11 is 0. The minimum atomic E-state index is -0.136. The lowest BCUT2D eigenvalue weighted by atomic mass is 10.1. The number of rotatable bonds is 6. The summed E-state index contributed by atoms with van der Waals surface area (Å²) in [4.78, 5) is 15.0. The van der Waals surface area contributed by atoms with E-state index in [9.17, 15) is 4.79 Å². The van der Waals surface area contributed by atoms with E-state index in [0.717, 1.165) is 37.2 Å². The standard InChI is InChI=1S/C16H24N2O2/c1-4-18(13-19)11-14-7-5-6-8-15(14)20-16(2)9-10-17(3)12-16/h5-8,13H,4,9-12H2,1-3H3. The van der Waals surface area contributed by atoms with Crippen molar-refractivity contribution in [1.29, 1.82) is 0 Å². The predicted molar refractivity (Wildman–Crippen MR) is 79.7 cm³/mol. The highest BCUT2D eigenvalue weighted by Crippen LogP contribution is 2.29.